The molecule has 2 atom stereocenters. The minimum Gasteiger partial charge on any atom is -0.0651 e. The summed E-state index contributed by atoms with van der Waals surface area (Å²) >= 11 is 0. The van der Waals surface area contributed by atoms with E-state index in [1.165, 1.54) is 19.3 Å². The zero-order valence-corrected chi connectivity index (χ0v) is 10.4. The van der Waals surface area contributed by atoms with Gasteiger partial charge in [0.2, 0.25) is 0 Å². The molecule has 0 aliphatic heterocycles. The van der Waals surface area contributed by atoms with Gasteiger partial charge >= 0.3 is 0 Å². The molecule has 0 saturated carbocycles. The summed E-state index contributed by atoms with van der Waals surface area (Å²) in [5, 5.41) is 0. The highest BCUT2D eigenvalue weighted by Crippen LogP contribution is 2.31. The molecule has 0 aromatic rings. The summed E-state index contributed by atoms with van der Waals surface area (Å²) in [7, 11) is 0. The third kappa shape index (κ3) is 4.69. The Kier molecular flexibility index (Phi) is 6.45. The zero-order valence-electron chi connectivity index (χ0n) is 10.4. The summed E-state index contributed by atoms with van der Waals surface area (Å²) in [6.07, 6.45) is 4.12. The van der Waals surface area contributed by atoms with Gasteiger partial charge in [0.1, 0.15) is 0 Å². The van der Waals surface area contributed by atoms with E-state index in [-0.39, 0.29) is 0 Å². The Labute approximate surface area is 85.1 Å². The molecule has 0 N–H and O–H groups in total. The van der Waals surface area contributed by atoms with Crippen molar-refractivity contribution in [2.75, 3.05) is 0 Å². The second-order valence-electron chi connectivity index (χ2n) is 5.11. The molecule has 13 heavy (non-hydrogen) atoms. The molecule has 0 bridgehead atoms. The number of hydrogen-bond acceptors (Lipinski definition) is 0. The Morgan fingerprint density at radius 3 is 1.62 bits per heavy atom. The summed E-state index contributed by atoms with van der Waals surface area (Å²) in [6, 6.07) is 0. The second-order valence-corrected chi connectivity index (χ2v) is 5.11. The standard InChI is InChI=1S/C13H28/c1-7-12(9-10(3)4)13(8-2)11(5)6/h10-13H,7-9H2,1-6H3. The first kappa shape index (κ1) is 13.0. The fourth-order valence-electron chi connectivity index (χ4n) is 2.60. The third-order valence-corrected chi connectivity index (χ3v) is 3.23. The van der Waals surface area contributed by atoms with E-state index in [0.717, 1.165) is 23.7 Å². The second kappa shape index (κ2) is 6.45. The SMILES string of the molecule is CCC(CC(C)C)C(CC)C(C)C. The van der Waals surface area contributed by atoms with Gasteiger partial charge in [0, 0.05) is 0 Å². The molecule has 0 aliphatic carbocycles. The molecule has 0 saturated heterocycles. The van der Waals surface area contributed by atoms with Crippen LogP contribution >= 0.6 is 0 Å². The van der Waals surface area contributed by atoms with E-state index in [1.807, 2.05) is 0 Å². The Bertz CT molecular complexity index is 113. The van der Waals surface area contributed by atoms with Gasteiger partial charge in [0.25, 0.3) is 0 Å². The van der Waals surface area contributed by atoms with Crippen LogP contribution in [0.25, 0.3) is 0 Å². The van der Waals surface area contributed by atoms with Crippen molar-refractivity contribution >= 4 is 0 Å². The fourth-order valence-corrected chi connectivity index (χ4v) is 2.60. The van der Waals surface area contributed by atoms with Crippen LogP contribution in [0.5, 0.6) is 0 Å². The first-order valence-corrected chi connectivity index (χ1v) is 6.02. The van der Waals surface area contributed by atoms with E-state index < -0.39 is 0 Å². The van der Waals surface area contributed by atoms with Crippen LogP contribution in [0.4, 0.5) is 0 Å². The highest BCUT2D eigenvalue weighted by molar-refractivity contribution is 4.72. The first-order valence-electron chi connectivity index (χ1n) is 6.02. The van der Waals surface area contributed by atoms with Crippen LogP contribution in [0.15, 0.2) is 0 Å². The summed E-state index contributed by atoms with van der Waals surface area (Å²) in [5.41, 5.74) is 0. The maximum absolute atomic E-state index is 2.37. The average molecular weight is 184 g/mol. The predicted octanol–water partition coefficient (Wildman–Crippen LogP) is 4.74. The molecule has 0 heteroatoms. The molecule has 0 aliphatic rings. The van der Waals surface area contributed by atoms with Gasteiger partial charge in [-0.05, 0) is 30.1 Å². The lowest BCUT2D eigenvalue weighted by Gasteiger charge is -2.29. The van der Waals surface area contributed by atoms with Crippen LogP contribution in [0, 0.1) is 23.7 Å². The van der Waals surface area contributed by atoms with Gasteiger partial charge in [-0.15, -0.1) is 0 Å². The lowest BCUT2D eigenvalue weighted by molar-refractivity contribution is 0.207. The Morgan fingerprint density at radius 1 is 0.846 bits per heavy atom. The van der Waals surface area contributed by atoms with Crippen LogP contribution in [-0.2, 0) is 0 Å². The van der Waals surface area contributed by atoms with Crippen molar-refractivity contribution in [3.05, 3.63) is 0 Å². The first-order chi connectivity index (χ1) is 6.02. The molecule has 0 aromatic heterocycles. The maximum Gasteiger partial charge on any atom is -0.0365 e. The molecule has 2 unspecified atom stereocenters. The minimum absolute atomic E-state index is 0.855. The monoisotopic (exact) mass is 184 g/mol. The maximum atomic E-state index is 2.37. The molecule has 0 aromatic carbocycles. The quantitative estimate of drug-likeness (QED) is 0.559. The van der Waals surface area contributed by atoms with E-state index in [4.69, 9.17) is 0 Å². The Morgan fingerprint density at radius 2 is 1.38 bits per heavy atom. The van der Waals surface area contributed by atoms with Crippen molar-refractivity contribution in [1.82, 2.24) is 0 Å². The molecule has 0 fully saturated rings. The van der Waals surface area contributed by atoms with Gasteiger partial charge < -0.3 is 0 Å². The van der Waals surface area contributed by atoms with Crippen molar-refractivity contribution in [2.24, 2.45) is 23.7 Å². The molecule has 0 radical (unpaired) electrons. The van der Waals surface area contributed by atoms with E-state index >= 15 is 0 Å². The highest BCUT2D eigenvalue weighted by atomic mass is 14.3. The summed E-state index contributed by atoms with van der Waals surface area (Å²) in [4.78, 5) is 0. The number of rotatable bonds is 6. The van der Waals surface area contributed by atoms with Gasteiger partial charge in [-0.1, -0.05) is 54.4 Å². The summed E-state index contributed by atoms with van der Waals surface area (Å²) in [6.45, 7) is 14.1. The van der Waals surface area contributed by atoms with Crippen LogP contribution in [0.3, 0.4) is 0 Å². The van der Waals surface area contributed by atoms with Crippen molar-refractivity contribution in [2.45, 2.75) is 60.8 Å². The molecule has 0 heterocycles. The predicted molar refractivity (Wildman–Crippen MR) is 61.9 cm³/mol. The van der Waals surface area contributed by atoms with Crippen LogP contribution < -0.4 is 0 Å². The van der Waals surface area contributed by atoms with Gasteiger partial charge in [0.15, 0.2) is 0 Å². The molecular formula is C13H28. The van der Waals surface area contributed by atoms with Gasteiger partial charge in [0.05, 0.1) is 0 Å². The summed E-state index contributed by atoms with van der Waals surface area (Å²) < 4.78 is 0. The van der Waals surface area contributed by atoms with Crippen molar-refractivity contribution in [3.63, 3.8) is 0 Å². The molecule has 0 rings (SSSR count). The van der Waals surface area contributed by atoms with Gasteiger partial charge in [-0.25, -0.2) is 0 Å². The van der Waals surface area contributed by atoms with Crippen LogP contribution in [0.1, 0.15) is 60.8 Å². The Balaban J connectivity index is 4.16. The third-order valence-electron chi connectivity index (χ3n) is 3.23. The molecule has 0 amide bonds. The molecule has 80 valence electrons. The van der Waals surface area contributed by atoms with Gasteiger partial charge in [-0.2, -0.15) is 0 Å². The van der Waals surface area contributed by atoms with E-state index in [1.54, 1.807) is 0 Å². The van der Waals surface area contributed by atoms with Crippen molar-refractivity contribution < 1.29 is 0 Å². The zero-order chi connectivity index (χ0) is 10.4. The molecule has 0 spiro atoms. The number of hydrogen-bond donors (Lipinski definition) is 0. The van der Waals surface area contributed by atoms with E-state index in [0.29, 0.717) is 0 Å². The topological polar surface area (TPSA) is 0 Å². The fraction of sp³-hybridized carbons (Fsp3) is 1.00. The Hall–Kier alpha value is 0. The lowest BCUT2D eigenvalue weighted by Crippen LogP contribution is -2.20. The van der Waals surface area contributed by atoms with E-state index in [9.17, 15) is 0 Å². The van der Waals surface area contributed by atoms with Crippen molar-refractivity contribution in [1.29, 1.82) is 0 Å². The van der Waals surface area contributed by atoms with Gasteiger partial charge in [-0.3, -0.25) is 0 Å². The molecular weight excluding hydrogens is 156 g/mol. The minimum atomic E-state index is 0.855. The van der Waals surface area contributed by atoms with E-state index in [2.05, 4.69) is 41.5 Å². The summed E-state index contributed by atoms with van der Waals surface area (Å²) in [5.74, 6) is 3.60. The highest BCUT2D eigenvalue weighted by Gasteiger charge is 2.21. The van der Waals surface area contributed by atoms with Crippen molar-refractivity contribution in [3.8, 4) is 0 Å². The largest absolute Gasteiger partial charge is 0.0651 e. The average Bonchev–Trinajstić information content (AvgIpc) is 2.02. The normalized spacial score (nSPS) is 16.6. The lowest BCUT2D eigenvalue weighted by atomic mass is 9.76. The van der Waals surface area contributed by atoms with Crippen LogP contribution in [0.2, 0.25) is 0 Å². The molecule has 0 nitrogen and oxygen atoms in total. The van der Waals surface area contributed by atoms with Crippen LogP contribution in [-0.4, -0.2) is 0 Å². The smallest absolute Gasteiger partial charge is 0.0365 e.